The van der Waals surface area contributed by atoms with Crippen molar-refractivity contribution in [1.29, 1.82) is 0 Å². The summed E-state index contributed by atoms with van der Waals surface area (Å²) >= 11 is 0. The van der Waals surface area contributed by atoms with E-state index in [0.29, 0.717) is 45.2 Å². The lowest BCUT2D eigenvalue weighted by molar-refractivity contribution is -0.138. The Morgan fingerprint density at radius 3 is 2.43 bits per heavy atom. The van der Waals surface area contributed by atoms with Crippen molar-refractivity contribution in [2.45, 2.75) is 44.7 Å². The van der Waals surface area contributed by atoms with Gasteiger partial charge in [-0.05, 0) is 38.5 Å². The van der Waals surface area contributed by atoms with Gasteiger partial charge < -0.3 is 9.64 Å². The summed E-state index contributed by atoms with van der Waals surface area (Å²) in [6, 6.07) is -0.549. The van der Waals surface area contributed by atoms with E-state index in [4.69, 9.17) is 4.74 Å². The van der Waals surface area contributed by atoms with Crippen LogP contribution in [0.3, 0.4) is 0 Å². The Balaban J connectivity index is 1.73. The van der Waals surface area contributed by atoms with Crippen LogP contribution in [-0.4, -0.2) is 79.8 Å². The Bertz CT molecular complexity index is 543. The second-order valence-corrected chi connectivity index (χ2v) is 8.75. The summed E-state index contributed by atoms with van der Waals surface area (Å²) in [5.74, 6) is 0.396. The van der Waals surface area contributed by atoms with Gasteiger partial charge in [-0.25, -0.2) is 0 Å². The number of hydrogen-bond donors (Lipinski definition) is 0. The zero-order valence-corrected chi connectivity index (χ0v) is 14.8. The number of morpholine rings is 1. The molecule has 0 aromatic heterocycles. The highest BCUT2D eigenvalue weighted by molar-refractivity contribution is 7.86. The van der Waals surface area contributed by atoms with Gasteiger partial charge in [-0.1, -0.05) is 0 Å². The smallest absolute Gasteiger partial charge is 0.282 e. The van der Waals surface area contributed by atoms with Crippen molar-refractivity contribution in [2.75, 3.05) is 39.9 Å². The van der Waals surface area contributed by atoms with Gasteiger partial charge in [0.25, 0.3) is 10.2 Å². The lowest BCUT2D eigenvalue weighted by Gasteiger charge is -2.35. The molecule has 0 aromatic rings. The van der Waals surface area contributed by atoms with Crippen molar-refractivity contribution in [3.63, 3.8) is 0 Å². The molecule has 2 heterocycles. The molecule has 0 unspecified atom stereocenters. The first kappa shape index (κ1) is 17.1. The second kappa shape index (κ2) is 6.66. The Kier molecular flexibility index (Phi) is 4.96. The van der Waals surface area contributed by atoms with Crippen molar-refractivity contribution < 1.29 is 17.9 Å². The van der Waals surface area contributed by atoms with E-state index < -0.39 is 16.3 Å². The fourth-order valence-electron chi connectivity index (χ4n) is 3.51. The quantitative estimate of drug-likeness (QED) is 0.718. The number of rotatable bonds is 5. The van der Waals surface area contributed by atoms with Crippen LogP contribution in [-0.2, 0) is 19.7 Å². The molecule has 3 rings (SSSR count). The van der Waals surface area contributed by atoms with Crippen LogP contribution in [0.25, 0.3) is 0 Å². The van der Waals surface area contributed by atoms with Crippen molar-refractivity contribution in [1.82, 2.24) is 13.5 Å². The Hall–Kier alpha value is -0.700. The summed E-state index contributed by atoms with van der Waals surface area (Å²) in [6.45, 7) is 4.57. The van der Waals surface area contributed by atoms with Crippen molar-refractivity contribution in [3.05, 3.63) is 0 Å². The second-order valence-electron chi connectivity index (χ2n) is 6.81. The number of ether oxygens (including phenoxy) is 1. The molecule has 23 heavy (non-hydrogen) atoms. The molecule has 2 aliphatic heterocycles. The normalized spacial score (nSPS) is 28.3. The fraction of sp³-hybridized carbons (Fsp3) is 0.933. The fourth-order valence-corrected chi connectivity index (χ4v) is 5.31. The van der Waals surface area contributed by atoms with Crippen LogP contribution < -0.4 is 0 Å². The van der Waals surface area contributed by atoms with Crippen LogP contribution in [0.4, 0.5) is 0 Å². The molecule has 3 fully saturated rings. The highest BCUT2D eigenvalue weighted by Gasteiger charge is 2.45. The molecule has 8 heteroatoms. The van der Waals surface area contributed by atoms with Crippen molar-refractivity contribution >= 4 is 16.1 Å². The van der Waals surface area contributed by atoms with E-state index in [1.165, 1.54) is 8.61 Å². The molecule has 0 aromatic carbocycles. The van der Waals surface area contributed by atoms with E-state index in [1.807, 2.05) is 6.92 Å². The molecule has 2 saturated heterocycles. The van der Waals surface area contributed by atoms with Crippen LogP contribution in [0, 0.1) is 5.92 Å². The third-order valence-corrected chi connectivity index (χ3v) is 7.44. The zero-order valence-electron chi connectivity index (χ0n) is 14.0. The minimum Gasteiger partial charge on any atom is -0.378 e. The van der Waals surface area contributed by atoms with Gasteiger partial charge in [0, 0.05) is 32.7 Å². The first-order valence-electron chi connectivity index (χ1n) is 8.54. The number of amides is 1. The monoisotopic (exact) mass is 345 g/mol. The predicted molar refractivity (Wildman–Crippen MR) is 86.0 cm³/mol. The van der Waals surface area contributed by atoms with Gasteiger partial charge in [-0.3, -0.25) is 4.79 Å². The topological polar surface area (TPSA) is 70.2 Å². The van der Waals surface area contributed by atoms with E-state index in [9.17, 15) is 13.2 Å². The van der Waals surface area contributed by atoms with E-state index in [1.54, 1.807) is 11.9 Å². The lowest BCUT2D eigenvalue weighted by atomic mass is 10.2. The van der Waals surface area contributed by atoms with Gasteiger partial charge in [0.2, 0.25) is 5.91 Å². The first-order valence-corrected chi connectivity index (χ1v) is 9.94. The van der Waals surface area contributed by atoms with Crippen LogP contribution >= 0.6 is 0 Å². The minimum absolute atomic E-state index is 0.000242. The number of carbonyl (C=O) groups excluding carboxylic acids is 1. The van der Waals surface area contributed by atoms with Gasteiger partial charge in [0.05, 0.1) is 13.2 Å². The molecular weight excluding hydrogens is 318 g/mol. The molecule has 7 nitrogen and oxygen atoms in total. The first-order chi connectivity index (χ1) is 10.9. The van der Waals surface area contributed by atoms with Gasteiger partial charge in [0.15, 0.2) is 0 Å². The molecule has 0 N–H and O–H groups in total. The largest absolute Gasteiger partial charge is 0.378 e. The van der Waals surface area contributed by atoms with E-state index >= 15 is 0 Å². The van der Waals surface area contributed by atoms with Crippen LogP contribution in [0.5, 0.6) is 0 Å². The van der Waals surface area contributed by atoms with Gasteiger partial charge >= 0.3 is 0 Å². The van der Waals surface area contributed by atoms with Crippen molar-refractivity contribution in [3.8, 4) is 0 Å². The maximum atomic E-state index is 13.0. The average Bonchev–Trinajstić information content (AvgIpc) is 3.29. The SMILES string of the molecule is C[C@H](C1CC1)N(C)S(=O)(=O)N1CCC[C@H]1C(=O)N1CCOCC1. The van der Waals surface area contributed by atoms with E-state index in [0.717, 1.165) is 19.3 Å². The summed E-state index contributed by atoms with van der Waals surface area (Å²) in [7, 11) is -1.94. The molecule has 3 aliphatic rings. The maximum Gasteiger partial charge on any atom is 0.282 e. The van der Waals surface area contributed by atoms with E-state index in [2.05, 4.69) is 0 Å². The molecule has 2 atom stereocenters. The Morgan fingerprint density at radius 1 is 1.17 bits per heavy atom. The number of hydrogen-bond acceptors (Lipinski definition) is 4. The van der Waals surface area contributed by atoms with E-state index in [-0.39, 0.29) is 11.9 Å². The Labute approximate surface area is 138 Å². The zero-order chi connectivity index (χ0) is 16.6. The summed E-state index contributed by atoms with van der Waals surface area (Å²) in [5, 5.41) is 0. The molecule has 1 saturated carbocycles. The molecule has 0 bridgehead atoms. The third-order valence-electron chi connectivity index (χ3n) is 5.35. The third kappa shape index (κ3) is 3.40. The summed E-state index contributed by atoms with van der Waals surface area (Å²) in [5.41, 5.74) is 0. The predicted octanol–water partition coefficient (Wildman–Crippen LogP) is 0.285. The molecular formula is C15H27N3O4S. The summed E-state index contributed by atoms with van der Waals surface area (Å²) in [4.78, 5) is 14.5. The van der Waals surface area contributed by atoms with Crippen LogP contribution in [0.15, 0.2) is 0 Å². The number of carbonyl (C=O) groups is 1. The molecule has 1 aliphatic carbocycles. The van der Waals surface area contributed by atoms with Gasteiger partial charge in [-0.15, -0.1) is 0 Å². The molecule has 132 valence electrons. The Morgan fingerprint density at radius 2 is 1.83 bits per heavy atom. The van der Waals surface area contributed by atoms with Crippen LogP contribution in [0.2, 0.25) is 0 Å². The maximum absolute atomic E-state index is 13.0. The lowest BCUT2D eigenvalue weighted by Crippen LogP contribution is -2.54. The summed E-state index contributed by atoms with van der Waals surface area (Å²) < 4.78 is 34.1. The highest BCUT2D eigenvalue weighted by Crippen LogP contribution is 2.36. The van der Waals surface area contributed by atoms with Gasteiger partial charge in [0.1, 0.15) is 6.04 Å². The summed E-state index contributed by atoms with van der Waals surface area (Å²) in [6.07, 6.45) is 3.54. The number of nitrogens with zero attached hydrogens (tertiary/aromatic N) is 3. The molecule has 1 amide bonds. The molecule has 0 spiro atoms. The minimum atomic E-state index is -3.59. The van der Waals surface area contributed by atoms with Crippen molar-refractivity contribution in [2.24, 2.45) is 5.92 Å². The van der Waals surface area contributed by atoms with Crippen LogP contribution in [0.1, 0.15) is 32.6 Å². The average molecular weight is 345 g/mol. The standard InChI is InChI=1S/C15H27N3O4S/c1-12(13-5-6-13)16(2)23(20,21)18-7-3-4-14(18)15(19)17-8-10-22-11-9-17/h12-14H,3-11H2,1-2H3/t12-,14+/m1/s1. The van der Waals surface area contributed by atoms with Gasteiger partial charge in [-0.2, -0.15) is 17.0 Å². The highest BCUT2D eigenvalue weighted by atomic mass is 32.2. The molecule has 0 radical (unpaired) electrons.